The molecular formula is C20H14ClF2NO2. The van der Waals surface area contributed by atoms with Crippen molar-refractivity contribution in [2.45, 2.75) is 18.9 Å². The largest absolute Gasteiger partial charge is 0.485 e. The predicted octanol–water partition coefficient (Wildman–Crippen LogP) is 5.87. The monoisotopic (exact) mass is 373 g/mol. The third-order valence-electron chi connectivity index (χ3n) is 4.21. The number of nitrogens with zero attached hydrogens (tertiary/aromatic N) is 1. The van der Waals surface area contributed by atoms with Crippen LogP contribution in [0.1, 0.15) is 23.7 Å². The van der Waals surface area contributed by atoms with Crippen molar-refractivity contribution >= 4 is 11.6 Å². The summed E-state index contributed by atoms with van der Waals surface area (Å²) in [6.45, 7) is 0. The van der Waals surface area contributed by atoms with E-state index in [0.717, 1.165) is 11.6 Å². The maximum absolute atomic E-state index is 14.0. The Hall–Kier alpha value is -2.66. The van der Waals surface area contributed by atoms with Gasteiger partial charge in [-0.1, -0.05) is 11.6 Å². The Morgan fingerprint density at radius 2 is 1.96 bits per heavy atom. The molecule has 1 aliphatic heterocycles. The van der Waals surface area contributed by atoms with Crippen LogP contribution >= 0.6 is 11.6 Å². The second kappa shape index (κ2) is 6.92. The van der Waals surface area contributed by atoms with Gasteiger partial charge in [0.2, 0.25) is 5.88 Å². The molecular weight excluding hydrogens is 360 g/mol. The highest BCUT2D eigenvalue weighted by molar-refractivity contribution is 6.30. The predicted molar refractivity (Wildman–Crippen MR) is 93.8 cm³/mol. The number of rotatable bonds is 3. The molecule has 3 nitrogen and oxygen atoms in total. The van der Waals surface area contributed by atoms with E-state index in [1.165, 1.54) is 18.3 Å². The van der Waals surface area contributed by atoms with Crippen molar-refractivity contribution in [2.24, 2.45) is 0 Å². The Bertz CT molecular complexity index is 947. The van der Waals surface area contributed by atoms with Crippen LogP contribution in [0.2, 0.25) is 5.02 Å². The number of benzene rings is 2. The van der Waals surface area contributed by atoms with Crippen LogP contribution in [0.25, 0.3) is 0 Å². The Morgan fingerprint density at radius 1 is 1.08 bits per heavy atom. The number of halogens is 3. The van der Waals surface area contributed by atoms with Crippen molar-refractivity contribution in [1.82, 2.24) is 4.98 Å². The minimum atomic E-state index is -0.597. The topological polar surface area (TPSA) is 31.4 Å². The van der Waals surface area contributed by atoms with Gasteiger partial charge < -0.3 is 9.47 Å². The second-order valence-corrected chi connectivity index (χ2v) is 6.43. The molecule has 0 bridgehead atoms. The molecule has 6 heteroatoms. The smallest absolute Gasteiger partial charge is 0.219 e. The van der Waals surface area contributed by atoms with Crippen LogP contribution in [0.4, 0.5) is 8.78 Å². The maximum Gasteiger partial charge on any atom is 0.219 e. The standard InChI is InChI=1S/C20H14ClF2NO2/c21-13-2-8-20(24-11-13)25-15-4-7-18-12(9-15)1-6-19(26-18)16-5-3-14(22)10-17(16)23/h2-5,7-11,19H,1,6H2. The summed E-state index contributed by atoms with van der Waals surface area (Å²) in [6, 6.07) is 12.4. The lowest BCUT2D eigenvalue weighted by molar-refractivity contribution is 0.171. The van der Waals surface area contributed by atoms with E-state index >= 15 is 0 Å². The van der Waals surface area contributed by atoms with Crippen LogP contribution in [0.5, 0.6) is 17.4 Å². The van der Waals surface area contributed by atoms with Gasteiger partial charge in [0.05, 0.1) is 5.02 Å². The zero-order valence-corrected chi connectivity index (χ0v) is 14.3. The third-order valence-corrected chi connectivity index (χ3v) is 4.43. The van der Waals surface area contributed by atoms with Crippen molar-refractivity contribution < 1.29 is 18.3 Å². The SMILES string of the molecule is Fc1ccc(C2CCc3cc(Oc4ccc(Cl)cn4)ccc3O2)c(F)c1. The molecule has 4 rings (SSSR count). The average molecular weight is 374 g/mol. The van der Waals surface area contributed by atoms with Crippen molar-refractivity contribution in [3.8, 4) is 17.4 Å². The number of hydrogen-bond acceptors (Lipinski definition) is 3. The molecule has 2 heterocycles. The van der Waals surface area contributed by atoms with E-state index in [4.69, 9.17) is 21.1 Å². The normalized spacial score (nSPS) is 15.9. The van der Waals surface area contributed by atoms with Gasteiger partial charge >= 0.3 is 0 Å². The first-order valence-corrected chi connectivity index (χ1v) is 8.50. The number of aromatic nitrogens is 1. The molecule has 0 radical (unpaired) electrons. The molecule has 2 aromatic carbocycles. The van der Waals surface area contributed by atoms with Gasteiger partial charge in [-0.25, -0.2) is 13.8 Å². The van der Waals surface area contributed by atoms with Crippen LogP contribution in [-0.4, -0.2) is 4.98 Å². The molecule has 1 aromatic heterocycles. The van der Waals surface area contributed by atoms with Gasteiger partial charge in [0.25, 0.3) is 0 Å². The molecule has 0 saturated carbocycles. The Morgan fingerprint density at radius 3 is 2.73 bits per heavy atom. The van der Waals surface area contributed by atoms with Gasteiger partial charge in [-0.05, 0) is 54.8 Å². The zero-order valence-electron chi connectivity index (χ0n) is 13.6. The summed E-state index contributed by atoms with van der Waals surface area (Å²) in [7, 11) is 0. The number of aryl methyl sites for hydroxylation is 1. The summed E-state index contributed by atoms with van der Waals surface area (Å²) < 4.78 is 38.7. The first-order chi connectivity index (χ1) is 12.6. The molecule has 0 amide bonds. The van der Waals surface area contributed by atoms with Crippen molar-refractivity contribution in [1.29, 1.82) is 0 Å². The lowest BCUT2D eigenvalue weighted by atomic mass is 9.97. The average Bonchev–Trinajstić information content (AvgIpc) is 2.63. The summed E-state index contributed by atoms with van der Waals surface area (Å²) in [6.07, 6.45) is 2.37. The van der Waals surface area contributed by atoms with E-state index in [1.54, 1.807) is 24.3 Å². The molecule has 1 atom stereocenters. The highest BCUT2D eigenvalue weighted by atomic mass is 35.5. The fourth-order valence-corrected chi connectivity index (χ4v) is 3.07. The molecule has 1 unspecified atom stereocenters. The van der Waals surface area contributed by atoms with E-state index in [0.29, 0.717) is 40.8 Å². The summed E-state index contributed by atoms with van der Waals surface area (Å²) in [5.74, 6) is 0.555. The van der Waals surface area contributed by atoms with E-state index in [-0.39, 0.29) is 0 Å². The molecule has 0 N–H and O–H groups in total. The molecule has 26 heavy (non-hydrogen) atoms. The highest BCUT2D eigenvalue weighted by Gasteiger charge is 2.24. The van der Waals surface area contributed by atoms with Gasteiger partial charge in [0.1, 0.15) is 29.2 Å². The molecule has 0 saturated heterocycles. The Labute approximate surface area is 154 Å². The van der Waals surface area contributed by atoms with E-state index in [9.17, 15) is 8.78 Å². The van der Waals surface area contributed by atoms with Gasteiger partial charge in [0.15, 0.2) is 0 Å². The van der Waals surface area contributed by atoms with Crippen LogP contribution in [0.15, 0.2) is 54.7 Å². The lowest BCUT2D eigenvalue weighted by Gasteiger charge is -2.27. The minimum Gasteiger partial charge on any atom is -0.485 e. The van der Waals surface area contributed by atoms with E-state index in [1.807, 2.05) is 6.07 Å². The fraction of sp³-hybridized carbons (Fsp3) is 0.150. The first-order valence-electron chi connectivity index (χ1n) is 8.12. The van der Waals surface area contributed by atoms with Crippen molar-refractivity contribution in [3.05, 3.63) is 82.5 Å². The van der Waals surface area contributed by atoms with Crippen LogP contribution in [-0.2, 0) is 6.42 Å². The second-order valence-electron chi connectivity index (χ2n) is 6.00. The molecule has 0 fully saturated rings. The number of fused-ring (bicyclic) bond motifs is 1. The third kappa shape index (κ3) is 3.48. The molecule has 0 aliphatic carbocycles. The number of hydrogen-bond donors (Lipinski definition) is 0. The zero-order chi connectivity index (χ0) is 18.1. The molecule has 132 valence electrons. The number of pyridine rings is 1. The van der Waals surface area contributed by atoms with Crippen molar-refractivity contribution in [2.75, 3.05) is 0 Å². The minimum absolute atomic E-state index is 0.364. The lowest BCUT2D eigenvalue weighted by Crippen LogP contribution is -2.16. The van der Waals surface area contributed by atoms with Gasteiger partial charge in [-0.3, -0.25) is 0 Å². The summed E-state index contributed by atoms with van der Waals surface area (Å²) >= 11 is 5.81. The first kappa shape index (κ1) is 16.8. The Kier molecular flexibility index (Phi) is 4.47. The quantitative estimate of drug-likeness (QED) is 0.575. The van der Waals surface area contributed by atoms with Gasteiger partial charge in [-0.2, -0.15) is 0 Å². The molecule has 3 aromatic rings. The van der Waals surface area contributed by atoms with Crippen LogP contribution in [0.3, 0.4) is 0 Å². The van der Waals surface area contributed by atoms with E-state index in [2.05, 4.69) is 4.98 Å². The van der Waals surface area contributed by atoms with Gasteiger partial charge in [-0.15, -0.1) is 0 Å². The van der Waals surface area contributed by atoms with Crippen molar-refractivity contribution in [3.63, 3.8) is 0 Å². The summed E-state index contributed by atoms with van der Waals surface area (Å²) in [4.78, 5) is 4.10. The summed E-state index contributed by atoms with van der Waals surface area (Å²) in [5.41, 5.74) is 1.33. The van der Waals surface area contributed by atoms with Gasteiger partial charge in [0, 0.05) is 23.9 Å². The summed E-state index contributed by atoms with van der Waals surface area (Å²) in [5, 5.41) is 0.537. The molecule has 1 aliphatic rings. The fourth-order valence-electron chi connectivity index (χ4n) is 2.95. The van der Waals surface area contributed by atoms with Crippen LogP contribution < -0.4 is 9.47 Å². The van der Waals surface area contributed by atoms with Crippen LogP contribution in [0, 0.1) is 11.6 Å². The maximum atomic E-state index is 14.0. The highest BCUT2D eigenvalue weighted by Crippen LogP contribution is 2.38. The number of ether oxygens (including phenoxy) is 2. The Balaban J connectivity index is 1.53. The van der Waals surface area contributed by atoms with E-state index < -0.39 is 17.7 Å². The molecule has 0 spiro atoms.